The SMILES string of the molecule is COc1ccc(CNC[C@@H]2CCN(CC(F)(F)F)C2)cc1F. The Hall–Kier alpha value is -1.34. The van der Waals surface area contributed by atoms with E-state index in [9.17, 15) is 17.6 Å². The lowest BCUT2D eigenvalue weighted by Crippen LogP contribution is -2.33. The fraction of sp³-hybridized carbons (Fsp3) is 0.600. The first-order valence-corrected chi connectivity index (χ1v) is 7.19. The summed E-state index contributed by atoms with van der Waals surface area (Å²) in [7, 11) is 1.41. The molecule has 0 spiro atoms. The van der Waals surface area contributed by atoms with Crippen molar-refractivity contribution in [3.63, 3.8) is 0 Å². The third-order valence-corrected chi connectivity index (χ3v) is 3.75. The van der Waals surface area contributed by atoms with Crippen LogP contribution in [0.25, 0.3) is 0 Å². The Morgan fingerprint density at radius 2 is 2.14 bits per heavy atom. The zero-order chi connectivity index (χ0) is 16.2. The van der Waals surface area contributed by atoms with Crippen LogP contribution in [0.5, 0.6) is 5.75 Å². The minimum absolute atomic E-state index is 0.197. The van der Waals surface area contributed by atoms with E-state index >= 15 is 0 Å². The van der Waals surface area contributed by atoms with Crippen LogP contribution in [0.1, 0.15) is 12.0 Å². The lowest BCUT2D eigenvalue weighted by molar-refractivity contribution is -0.143. The van der Waals surface area contributed by atoms with Gasteiger partial charge in [0.2, 0.25) is 0 Å². The predicted octanol–water partition coefficient (Wildman–Crippen LogP) is 2.81. The normalized spacial score (nSPS) is 19.6. The van der Waals surface area contributed by atoms with Gasteiger partial charge in [-0.3, -0.25) is 4.90 Å². The highest BCUT2D eigenvalue weighted by Gasteiger charge is 2.34. The highest BCUT2D eigenvalue weighted by Crippen LogP contribution is 2.22. The second kappa shape index (κ2) is 7.28. The Labute approximate surface area is 127 Å². The number of likely N-dealkylation sites (tertiary alicyclic amines) is 1. The summed E-state index contributed by atoms with van der Waals surface area (Å²) < 4.78 is 55.3. The summed E-state index contributed by atoms with van der Waals surface area (Å²) in [6.07, 6.45) is -3.39. The standard InChI is InChI=1S/C15H20F4N2O/c1-22-14-3-2-11(6-13(14)16)7-20-8-12-4-5-21(9-12)10-15(17,18)19/h2-3,6,12,20H,4-5,7-10H2,1H3/t12-/m0/s1. The fourth-order valence-corrected chi connectivity index (χ4v) is 2.72. The van der Waals surface area contributed by atoms with Crippen LogP contribution in [0, 0.1) is 11.7 Å². The first kappa shape index (κ1) is 17.0. The number of benzene rings is 1. The molecule has 1 saturated heterocycles. The van der Waals surface area contributed by atoms with Crippen molar-refractivity contribution in [3.05, 3.63) is 29.6 Å². The smallest absolute Gasteiger partial charge is 0.401 e. The van der Waals surface area contributed by atoms with E-state index < -0.39 is 18.5 Å². The summed E-state index contributed by atoms with van der Waals surface area (Å²) in [5.74, 6) is -0.0215. The molecule has 0 unspecified atom stereocenters. The van der Waals surface area contributed by atoms with Gasteiger partial charge in [0, 0.05) is 13.1 Å². The maximum Gasteiger partial charge on any atom is 0.401 e. The summed E-state index contributed by atoms with van der Waals surface area (Å²) in [5.41, 5.74) is 0.781. The van der Waals surface area contributed by atoms with E-state index in [2.05, 4.69) is 5.32 Å². The highest BCUT2D eigenvalue weighted by molar-refractivity contribution is 5.29. The number of ether oxygens (including phenoxy) is 1. The molecule has 0 saturated carbocycles. The Balaban J connectivity index is 1.72. The molecular weight excluding hydrogens is 300 g/mol. The summed E-state index contributed by atoms with van der Waals surface area (Å²) in [5, 5.41) is 3.18. The third kappa shape index (κ3) is 5.14. The molecule has 1 N–H and O–H groups in total. The minimum Gasteiger partial charge on any atom is -0.494 e. The first-order valence-electron chi connectivity index (χ1n) is 7.19. The van der Waals surface area contributed by atoms with Crippen LogP contribution in [-0.4, -0.2) is 44.4 Å². The quantitative estimate of drug-likeness (QED) is 0.816. The van der Waals surface area contributed by atoms with Crippen LogP contribution in [0.2, 0.25) is 0 Å². The number of hydrogen-bond donors (Lipinski definition) is 1. The van der Waals surface area contributed by atoms with Gasteiger partial charge in [0.1, 0.15) is 0 Å². The van der Waals surface area contributed by atoms with Crippen LogP contribution in [0.4, 0.5) is 17.6 Å². The molecule has 1 atom stereocenters. The van der Waals surface area contributed by atoms with Crippen molar-refractivity contribution in [1.82, 2.24) is 10.2 Å². The van der Waals surface area contributed by atoms with Crippen LogP contribution in [0.15, 0.2) is 18.2 Å². The molecule has 0 bridgehead atoms. The molecule has 0 aliphatic carbocycles. The van der Waals surface area contributed by atoms with Gasteiger partial charge in [-0.2, -0.15) is 13.2 Å². The van der Waals surface area contributed by atoms with Gasteiger partial charge in [-0.05, 0) is 43.1 Å². The molecular formula is C15H20F4N2O. The number of nitrogens with one attached hydrogen (secondary N) is 1. The summed E-state index contributed by atoms with van der Waals surface area (Å²) in [6, 6.07) is 4.73. The van der Waals surface area contributed by atoms with Crippen LogP contribution < -0.4 is 10.1 Å². The van der Waals surface area contributed by atoms with Crippen molar-refractivity contribution in [2.45, 2.75) is 19.1 Å². The van der Waals surface area contributed by atoms with Crippen molar-refractivity contribution in [2.24, 2.45) is 5.92 Å². The number of halogens is 4. The number of methoxy groups -OCH3 is 1. The van der Waals surface area contributed by atoms with E-state index in [-0.39, 0.29) is 11.7 Å². The van der Waals surface area contributed by atoms with Gasteiger partial charge in [0.25, 0.3) is 0 Å². The van der Waals surface area contributed by atoms with Gasteiger partial charge in [0.05, 0.1) is 13.7 Å². The van der Waals surface area contributed by atoms with Crippen LogP contribution in [-0.2, 0) is 6.54 Å². The largest absolute Gasteiger partial charge is 0.494 e. The van der Waals surface area contributed by atoms with E-state index in [4.69, 9.17) is 4.74 Å². The molecule has 3 nitrogen and oxygen atoms in total. The van der Waals surface area contributed by atoms with E-state index in [1.807, 2.05) is 0 Å². The molecule has 2 rings (SSSR count). The van der Waals surface area contributed by atoms with Gasteiger partial charge in [-0.1, -0.05) is 6.07 Å². The molecule has 1 aliphatic heterocycles. The lowest BCUT2D eigenvalue weighted by atomic mass is 10.1. The van der Waals surface area contributed by atoms with Crippen molar-refractivity contribution in [2.75, 3.05) is 33.3 Å². The Bertz CT molecular complexity index is 493. The van der Waals surface area contributed by atoms with Crippen LogP contribution in [0.3, 0.4) is 0 Å². The van der Waals surface area contributed by atoms with Crippen LogP contribution >= 0.6 is 0 Å². The molecule has 1 aromatic carbocycles. The number of nitrogens with zero attached hydrogens (tertiary/aromatic N) is 1. The molecule has 124 valence electrons. The number of alkyl halides is 3. The molecule has 0 aromatic heterocycles. The Kier molecular flexibility index (Phi) is 5.63. The second-order valence-corrected chi connectivity index (χ2v) is 5.60. The van der Waals surface area contributed by atoms with E-state index in [1.54, 1.807) is 12.1 Å². The van der Waals surface area contributed by atoms with Gasteiger partial charge in [-0.15, -0.1) is 0 Å². The molecule has 1 fully saturated rings. The first-order chi connectivity index (χ1) is 10.4. The average molecular weight is 320 g/mol. The minimum atomic E-state index is -4.14. The summed E-state index contributed by atoms with van der Waals surface area (Å²) >= 11 is 0. The Morgan fingerprint density at radius 1 is 1.36 bits per heavy atom. The van der Waals surface area contributed by atoms with E-state index in [0.29, 0.717) is 26.2 Å². The molecule has 22 heavy (non-hydrogen) atoms. The molecule has 1 aliphatic rings. The van der Waals surface area contributed by atoms with Crippen molar-refractivity contribution >= 4 is 0 Å². The van der Waals surface area contributed by atoms with Gasteiger partial charge >= 0.3 is 6.18 Å². The molecule has 1 heterocycles. The molecule has 7 heteroatoms. The molecule has 1 aromatic rings. The Morgan fingerprint density at radius 3 is 2.77 bits per heavy atom. The zero-order valence-electron chi connectivity index (χ0n) is 12.4. The summed E-state index contributed by atoms with van der Waals surface area (Å²) in [4.78, 5) is 1.43. The number of rotatable bonds is 6. The van der Waals surface area contributed by atoms with E-state index in [0.717, 1.165) is 12.0 Å². The lowest BCUT2D eigenvalue weighted by Gasteiger charge is -2.18. The third-order valence-electron chi connectivity index (χ3n) is 3.75. The van der Waals surface area contributed by atoms with Gasteiger partial charge in [-0.25, -0.2) is 4.39 Å². The maximum atomic E-state index is 13.5. The van der Waals surface area contributed by atoms with Gasteiger partial charge < -0.3 is 10.1 Å². The van der Waals surface area contributed by atoms with E-state index in [1.165, 1.54) is 18.1 Å². The average Bonchev–Trinajstić information content (AvgIpc) is 2.84. The van der Waals surface area contributed by atoms with Gasteiger partial charge in [0.15, 0.2) is 11.6 Å². The monoisotopic (exact) mass is 320 g/mol. The fourth-order valence-electron chi connectivity index (χ4n) is 2.72. The maximum absolute atomic E-state index is 13.5. The second-order valence-electron chi connectivity index (χ2n) is 5.60. The van der Waals surface area contributed by atoms with Crippen molar-refractivity contribution in [3.8, 4) is 5.75 Å². The van der Waals surface area contributed by atoms with Crippen molar-refractivity contribution < 1.29 is 22.3 Å². The summed E-state index contributed by atoms with van der Waals surface area (Å²) in [6.45, 7) is 1.19. The highest BCUT2D eigenvalue weighted by atomic mass is 19.4. The molecule has 0 amide bonds. The molecule has 0 radical (unpaired) electrons. The number of hydrogen-bond acceptors (Lipinski definition) is 3. The zero-order valence-corrected chi connectivity index (χ0v) is 12.4. The van der Waals surface area contributed by atoms with Crippen molar-refractivity contribution in [1.29, 1.82) is 0 Å². The topological polar surface area (TPSA) is 24.5 Å². The predicted molar refractivity (Wildman–Crippen MR) is 75.3 cm³/mol.